The summed E-state index contributed by atoms with van der Waals surface area (Å²) in [6.45, 7) is 12.6. The quantitative estimate of drug-likeness (QED) is 0.821. The number of hydrogen-bond acceptors (Lipinski definition) is 4. The third kappa shape index (κ3) is 4.19. The average Bonchev–Trinajstić information content (AvgIpc) is 2.35. The van der Waals surface area contributed by atoms with E-state index in [0.29, 0.717) is 12.1 Å². The molecular weight excluding hydrogens is 228 g/mol. The molecule has 4 heteroatoms. The van der Waals surface area contributed by atoms with Crippen molar-refractivity contribution in [3.63, 3.8) is 0 Å². The lowest BCUT2D eigenvalue weighted by Gasteiger charge is -2.37. The third-order valence-electron chi connectivity index (χ3n) is 4.00. The summed E-state index contributed by atoms with van der Waals surface area (Å²) in [4.78, 5) is 2.46. The summed E-state index contributed by atoms with van der Waals surface area (Å²) >= 11 is 0. The van der Waals surface area contributed by atoms with Gasteiger partial charge in [0.2, 0.25) is 0 Å². The Kier molecular flexibility index (Phi) is 5.01. The third-order valence-corrected chi connectivity index (χ3v) is 4.00. The molecule has 0 saturated carbocycles. The molecule has 0 bridgehead atoms. The summed E-state index contributed by atoms with van der Waals surface area (Å²) in [5.41, 5.74) is 0.0266. The Morgan fingerprint density at radius 2 is 2.17 bits per heavy atom. The average molecular weight is 256 g/mol. The maximum absolute atomic E-state index is 5.82. The second-order valence-electron chi connectivity index (χ2n) is 6.09. The van der Waals surface area contributed by atoms with E-state index in [9.17, 15) is 0 Å². The van der Waals surface area contributed by atoms with Gasteiger partial charge in [-0.2, -0.15) is 0 Å². The van der Waals surface area contributed by atoms with Gasteiger partial charge in [0.25, 0.3) is 0 Å². The van der Waals surface area contributed by atoms with Gasteiger partial charge in [-0.1, -0.05) is 6.92 Å². The summed E-state index contributed by atoms with van der Waals surface area (Å²) < 4.78 is 11.6. The Balaban J connectivity index is 1.70. The van der Waals surface area contributed by atoms with Crippen molar-refractivity contribution in [1.82, 2.24) is 10.2 Å². The van der Waals surface area contributed by atoms with Crippen molar-refractivity contribution in [2.45, 2.75) is 51.4 Å². The molecule has 0 spiro atoms. The molecule has 0 aromatic carbocycles. The molecule has 0 aromatic heterocycles. The van der Waals surface area contributed by atoms with Crippen LogP contribution >= 0.6 is 0 Å². The lowest BCUT2D eigenvalue weighted by Crippen LogP contribution is -2.50. The molecule has 0 aromatic rings. The normalized spacial score (nSPS) is 33.5. The maximum Gasteiger partial charge on any atom is 0.0826 e. The Hall–Kier alpha value is -0.160. The molecule has 2 fully saturated rings. The summed E-state index contributed by atoms with van der Waals surface area (Å²) in [6, 6.07) is 0.578. The molecule has 2 atom stereocenters. The van der Waals surface area contributed by atoms with E-state index in [1.54, 1.807) is 0 Å². The predicted molar refractivity (Wildman–Crippen MR) is 72.9 cm³/mol. The first-order valence-corrected chi connectivity index (χ1v) is 7.30. The van der Waals surface area contributed by atoms with Crippen LogP contribution in [-0.4, -0.2) is 62.0 Å². The predicted octanol–water partition coefficient (Wildman–Crippen LogP) is 1.25. The Morgan fingerprint density at radius 3 is 2.89 bits per heavy atom. The molecule has 2 unspecified atom stereocenters. The fourth-order valence-electron chi connectivity index (χ4n) is 2.90. The lowest BCUT2D eigenvalue weighted by molar-refractivity contribution is -0.0679. The van der Waals surface area contributed by atoms with Gasteiger partial charge in [-0.15, -0.1) is 0 Å². The molecule has 0 radical (unpaired) electrons. The van der Waals surface area contributed by atoms with Crippen LogP contribution in [0.15, 0.2) is 0 Å². The highest BCUT2D eigenvalue weighted by Crippen LogP contribution is 2.23. The summed E-state index contributed by atoms with van der Waals surface area (Å²) in [5, 5.41) is 3.66. The van der Waals surface area contributed by atoms with Crippen LogP contribution in [0.2, 0.25) is 0 Å². The molecule has 0 aliphatic carbocycles. The molecule has 2 heterocycles. The van der Waals surface area contributed by atoms with Gasteiger partial charge in [0.15, 0.2) is 0 Å². The van der Waals surface area contributed by atoms with Gasteiger partial charge in [-0.3, -0.25) is 4.90 Å². The van der Waals surface area contributed by atoms with E-state index in [1.165, 1.54) is 0 Å². The monoisotopic (exact) mass is 256 g/mol. The van der Waals surface area contributed by atoms with Gasteiger partial charge >= 0.3 is 0 Å². The van der Waals surface area contributed by atoms with Gasteiger partial charge in [-0.05, 0) is 33.2 Å². The first kappa shape index (κ1) is 14.3. The molecular formula is C14H28N2O2. The molecule has 2 aliphatic rings. The summed E-state index contributed by atoms with van der Waals surface area (Å²) in [6.07, 6.45) is 2.56. The van der Waals surface area contributed by atoms with E-state index < -0.39 is 0 Å². The minimum absolute atomic E-state index is 0.0266. The van der Waals surface area contributed by atoms with Crippen molar-refractivity contribution in [3.05, 3.63) is 0 Å². The van der Waals surface area contributed by atoms with Gasteiger partial charge < -0.3 is 14.8 Å². The van der Waals surface area contributed by atoms with Gasteiger partial charge in [-0.25, -0.2) is 0 Å². The first-order valence-electron chi connectivity index (χ1n) is 7.30. The molecule has 2 rings (SSSR count). The zero-order valence-electron chi connectivity index (χ0n) is 12.1. The van der Waals surface area contributed by atoms with Crippen LogP contribution < -0.4 is 5.32 Å². The van der Waals surface area contributed by atoms with Gasteiger partial charge in [0.05, 0.1) is 18.3 Å². The zero-order chi connectivity index (χ0) is 13.0. The number of rotatable bonds is 4. The number of morpholine rings is 1. The van der Waals surface area contributed by atoms with E-state index in [2.05, 4.69) is 31.0 Å². The fraction of sp³-hybridized carbons (Fsp3) is 1.00. The number of nitrogens with one attached hydrogen (secondary N) is 1. The molecule has 2 aliphatic heterocycles. The van der Waals surface area contributed by atoms with E-state index in [-0.39, 0.29) is 5.60 Å². The molecule has 1 N–H and O–H groups in total. The SMILES string of the molecule is CCN1CCOC(CNC2CCOC(C)(C)C2)C1. The molecule has 0 amide bonds. The molecule has 106 valence electrons. The number of likely N-dealkylation sites (N-methyl/N-ethyl adjacent to an activating group) is 1. The zero-order valence-corrected chi connectivity index (χ0v) is 12.1. The highest BCUT2D eigenvalue weighted by Gasteiger charge is 2.29. The van der Waals surface area contributed by atoms with Crippen LogP contribution in [0.4, 0.5) is 0 Å². The second-order valence-corrected chi connectivity index (χ2v) is 6.09. The largest absolute Gasteiger partial charge is 0.375 e. The maximum atomic E-state index is 5.82. The fourth-order valence-corrected chi connectivity index (χ4v) is 2.90. The standard InChI is InChI=1S/C14H28N2O2/c1-4-16-6-8-17-13(11-16)10-15-12-5-7-18-14(2,3)9-12/h12-13,15H,4-11H2,1-3H3. The van der Waals surface area contributed by atoms with E-state index in [0.717, 1.165) is 52.2 Å². The Bertz CT molecular complexity index is 258. The Labute approximate surface area is 111 Å². The molecule has 2 saturated heterocycles. The number of hydrogen-bond donors (Lipinski definition) is 1. The Morgan fingerprint density at radius 1 is 1.33 bits per heavy atom. The van der Waals surface area contributed by atoms with E-state index in [1.807, 2.05) is 0 Å². The van der Waals surface area contributed by atoms with Crippen molar-refractivity contribution in [1.29, 1.82) is 0 Å². The van der Waals surface area contributed by atoms with Crippen LogP contribution in [0.3, 0.4) is 0 Å². The minimum atomic E-state index is 0.0266. The van der Waals surface area contributed by atoms with Crippen molar-refractivity contribution in [2.75, 3.05) is 39.4 Å². The van der Waals surface area contributed by atoms with Gasteiger partial charge in [0.1, 0.15) is 0 Å². The molecule has 4 nitrogen and oxygen atoms in total. The second kappa shape index (κ2) is 6.33. The number of nitrogens with zero attached hydrogens (tertiary/aromatic N) is 1. The molecule has 18 heavy (non-hydrogen) atoms. The highest BCUT2D eigenvalue weighted by atomic mass is 16.5. The van der Waals surface area contributed by atoms with E-state index >= 15 is 0 Å². The lowest BCUT2D eigenvalue weighted by atomic mass is 9.94. The highest BCUT2D eigenvalue weighted by molar-refractivity contribution is 4.84. The summed E-state index contributed by atoms with van der Waals surface area (Å²) in [7, 11) is 0. The van der Waals surface area contributed by atoms with Crippen molar-refractivity contribution < 1.29 is 9.47 Å². The van der Waals surface area contributed by atoms with Crippen molar-refractivity contribution in [3.8, 4) is 0 Å². The van der Waals surface area contributed by atoms with Crippen LogP contribution in [0.5, 0.6) is 0 Å². The first-order chi connectivity index (χ1) is 8.59. The van der Waals surface area contributed by atoms with Crippen LogP contribution in [0.25, 0.3) is 0 Å². The van der Waals surface area contributed by atoms with Crippen LogP contribution in [0.1, 0.15) is 33.6 Å². The smallest absolute Gasteiger partial charge is 0.0826 e. The van der Waals surface area contributed by atoms with Crippen LogP contribution in [0, 0.1) is 0 Å². The van der Waals surface area contributed by atoms with Crippen LogP contribution in [-0.2, 0) is 9.47 Å². The van der Waals surface area contributed by atoms with Crippen molar-refractivity contribution in [2.24, 2.45) is 0 Å². The summed E-state index contributed by atoms with van der Waals surface area (Å²) in [5.74, 6) is 0. The topological polar surface area (TPSA) is 33.7 Å². The van der Waals surface area contributed by atoms with E-state index in [4.69, 9.17) is 9.47 Å². The van der Waals surface area contributed by atoms with Gasteiger partial charge in [0, 0.05) is 32.3 Å². The van der Waals surface area contributed by atoms with Crippen molar-refractivity contribution >= 4 is 0 Å². The number of ether oxygens (including phenoxy) is 2. The minimum Gasteiger partial charge on any atom is -0.375 e.